The van der Waals surface area contributed by atoms with Crippen molar-refractivity contribution >= 4 is 76.6 Å². The molecule has 22 nitrogen and oxygen atoms in total. The Morgan fingerprint density at radius 2 is 1.16 bits per heavy atom. The maximum Gasteiger partial charge on any atom is 0.393 e. The molecule has 0 radical (unpaired) electrons. The summed E-state index contributed by atoms with van der Waals surface area (Å²) in [5.41, 5.74) is -1.68. The summed E-state index contributed by atoms with van der Waals surface area (Å²) in [6, 6.07) is -10.0. The van der Waals surface area contributed by atoms with Crippen LogP contribution in [0.15, 0.2) is 0 Å². The molecule has 4 rings (SSSR count). The van der Waals surface area contributed by atoms with Crippen LogP contribution in [0.4, 0.5) is 13.2 Å². The summed E-state index contributed by atoms with van der Waals surface area (Å²) in [5, 5.41) is 10.2. The first-order valence-electron chi connectivity index (χ1n) is 34.0. The van der Waals surface area contributed by atoms with Crippen LogP contribution >= 0.6 is 11.6 Å². The van der Waals surface area contributed by atoms with Crippen LogP contribution in [0.1, 0.15) is 192 Å². The number of alkyl halides is 4. The fourth-order valence-electron chi connectivity index (χ4n) is 13.2. The van der Waals surface area contributed by atoms with E-state index in [1.807, 2.05) is 48.5 Å². The van der Waals surface area contributed by atoms with Crippen molar-refractivity contribution in [2.75, 3.05) is 55.4 Å². The first kappa shape index (κ1) is 79.7. The molecule has 0 spiro atoms. The average molecular weight is 1340 g/mol. The van der Waals surface area contributed by atoms with E-state index in [0.29, 0.717) is 6.42 Å². The average Bonchev–Trinajstić information content (AvgIpc) is 0.810. The molecule has 0 aromatic carbocycles. The molecule has 2 saturated carbocycles. The van der Waals surface area contributed by atoms with Crippen LogP contribution in [0, 0.1) is 41.4 Å². The van der Waals surface area contributed by atoms with E-state index in [-0.39, 0.29) is 107 Å². The number of nitrogens with zero attached hydrogens (tertiary/aromatic N) is 7. The summed E-state index contributed by atoms with van der Waals surface area (Å²) in [6.07, 6.45) is 1.04. The van der Waals surface area contributed by atoms with Gasteiger partial charge in [-0.25, -0.2) is 0 Å². The standard InChI is InChI=1S/C67H113ClF3N11O11/c1-19-41(8)56-64(92)78(15)43(10)59(87)82-30-29-51(82)63(91)80(17)53(36-44-23-21-20-22-24-44)62(90)76(13)37-54(83)72-48(28-26-45-25-27-46(47(68)35-45)67(69,70)71)57(85)73-50(32-39(4)5)61(89)81(18)66(11,12)65(93)74-49(31-38(2)3)60(88)77(14)42(9)34-55(84)79(16)52(33-40(6)7)58(86)75-56/h38-53,56H,19-37H2,1-18H3,(H,72,83)(H,73,85)(H,74,93)(H,75,86)/t41-,42+,43-,45?,46?,47?,48-,49-,50-,51-,52-,53-,56-/m0/s1. The molecule has 93 heavy (non-hydrogen) atoms. The number of carbonyl (C=O) groups excluding carboxylic acids is 11. The SMILES string of the molecule is CC[C@H](C)[C@@H]1NC(=O)[C@H](CC(C)C)N(C)C(=O)C[C@@H](C)N(C)C(=O)[C@H](CC(C)C)NC(=O)C(C)(C)N(C)C(=O)[C@H](CC(C)C)NC(=O)[C@H](CCC2CCC(C(F)(F)F)C(Cl)C2)NC(=O)CN(C)C(=O)[C@H](CC2CCCCC2)N(C)C(=O)[C@@H]2CCN2C(=O)[C@H](C)N(C)C1=O. The second-order valence-electron chi connectivity index (χ2n) is 29.2. The molecule has 0 aromatic rings. The molecule has 3 unspecified atom stereocenters. The zero-order valence-corrected chi connectivity index (χ0v) is 59.6. The van der Waals surface area contributed by atoms with Crippen LogP contribution < -0.4 is 21.3 Å². The fraction of sp³-hybridized carbons (Fsp3) is 0.836. The van der Waals surface area contributed by atoms with E-state index >= 15 is 0 Å². The monoisotopic (exact) mass is 1340 g/mol. The van der Waals surface area contributed by atoms with Gasteiger partial charge in [0.15, 0.2) is 0 Å². The minimum atomic E-state index is -4.50. The van der Waals surface area contributed by atoms with Crippen LogP contribution in [0.3, 0.4) is 0 Å². The molecule has 530 valence electrons. The first-order valence-corrected chi connectivity index (χ1v) is 34.4. The molecule has 0 aromatic heterocycles. The van der Waals surface area contributed by atoms with Crippen molar-refractivity contribution in [2.45, 2.75) is 264 Å². The molecule has 4 N–H and O–H groups in total. The molecule has 26 heteroatoms. The Morgan fingerprint density at radius 3 is 1.69 bits per heavy atom. The van der Waals surface area contributed by atoms with E-state index in [2.05, 4.69) is 21.3 Å². The van der Waals surface area contributed by atoms with Crippen molar-refractivity contribution in [1.82, 2.24) is 55.6 Å². The minimum Gasteiger partial charge on any atom is -0.343 e. The summed E-state index contributed by atoms with van der Waals surface area (Å²) < 4.78 is 41.8. The highest BCUT2D eigenvalue weighted by Crippen LogP contribution is 2.43. The number of amides is 11. The third kappa shape index (κ3) is 21.4. The molecule has 2 saturated heterocycles. The van der Waals surface area contributed by atoms with Gasteiger partial charge in [-0.1, -0.05) is 93.9 Å². The lowest BCUT2D eigenvalue weighted by atomic mass is 9.78. The van der Waals surface area contributed by atoms with Crippen LogP contribution in [-0.4, -0.2) is 226 Å². The van der Waals surface area contributed by atoms with Crippen LogP contribution in [0.25, 0.3) is 0 Å². The second-order valence-corrected chi connectivity index (χ2v) is 29.8. The molecular formula is C67H113ClF3N11O11. The number of rotatable bonds is 13. The predicted molar refractivity (Wildman–Crippen MR) is 349 cm³/mol. The molecular weight excluding hydrogens is 1230 g/mol. The van der Waals surface area contributed by atoms with Gasteiger partial charge < -0.3 is 55.6 Å². The first-order chi connectivity index (χ1) is 43.2. The number of carbonyl (C=O) groups is 11. The van der Waals surface area contributed by atoms with Crippen molar-refractivity contribution in [2.24, 2.45) is 41.4 Å². The van der Waals surface area contributed by atoms with Gasteiger partial charge in [-0.15, -0.1) is 11.6 Å². The van der Waals surface area contributed by atoms with Crippen molar-refractivity contribution in [3.63, 3.8) is 0 Å². The number of nitrogens with one attached hydrogen (secondary N) is 4. The largest absolute Gasteiger partial charge is 0.393 e. The van der Waals surface area contributed by atoms with Gasteiger partial charge in [0.05, 0.1) is 12.5 Å². The van der Waals surface area contributed by atoms with Crippen molar-refractivity contribution in [3.8, 4) is 0 Å². The molecule has 0 bridgehead atoms. The molecule has 2 aliphatic heterocycles. The van der Waals surface area contributed by atoms with Gasteiger partial charge >= 0.3 is 6.18 Å². The van der Waals surface area contributed by atoms with Gasteiger partial charge in [0.25, 0.3) is 0 Å². The third-order valence-corrected chi connectivity index (χ3v) is 20.8. The highest BCUT2D eigenvalue weighted by Gasteiger charge is 2.49. The summed E-state index contributed by atoms with van der Waals surface area (Å²) in [4.78, 5) is 170. The van der Waals surface area contributed by atoms with Gasteiger partial charge in [0, 0.05) is 66.7 Å². The fourth-order valence-corrected chi connectivity index (χ4v) is 13.7. The number of fused-ring (bicyclic) bond motifs is 1. The van der Waals surface area contributed by atoms with Crippen LogP contribution in [0.5, 0.6) is 0 Å². The molecule has 2 heterocycles. The minimum absolute atomic E-state index is 0.00629. The lowest BCUT2D eigenvalue weighted by Crippen LogP contribution is -2.65. The van der Waals surface area contributed by atoms with Crippen molar-refractivity contribution in [1.29, 1.82) is 0 Å². The maximum absolute atomic E-state index is 14.9. The molecule has 4 fully saturated rings. The Kier molecular flexibility index (Phi) is 29.8. The zero-order chi connectivity index (χ0) is 70.5. The van der Waals surface area contributed by atoms with Crippen molar-refractivity contribution < 1.29 is 65.9 Å². The molecule has 2 aliphatic carbocycles. The van der Waals surface area contributed by atoms with E-state index < -0.39 is 155 Å². The lowest BCUT2D eigenvalue weighted by Gasteiger charge is -2.45. The Labute approximate surface area is 556 Å². The summed E-state index contributed by atoms with van der Waals surface area (Å²) >= 11 is 6.36. The predicted octanol–water partition coefficient (Wildman–Crippen LogP) is 6.49. The van der Waals surface area contributed by atoms with Gasteiger partial charge in [0.1, 0.15) is 53.9 Å². The van der Waals surface area contributed by atoms with E-state index in [9.17, 15) is 65.9 Å². The lowest BCUT2D eigenvalue weighted by molar-refractivity contribution is -0.182. The summed E-state index contributed by atoms with van der Waals surface area (Å²) in [6.45, 7) is 20.6. The highest BCUT2D eigenvalue weighted by atomic mass is 35.5. The van der Waals surface area contributed by atoms with E-state index in [1.54, 1.807) is 13.8 Å². The smallest absolute Gasteiger partial charge is 0.343 e. The summed E-state index contributed by atoms with van der Waals surface area (Å²) in [5.74, 6) is -9.78. The number of hydrogen-bond acceptors (Lipinski definition) is 11. The number of hydrogen-bond donors (Lipinski definition) is 4. The quantitative estimate of drug-likeness (QED) is 0.145. The second kappa shape index (κ2) is 34.8. The van der Waals surface area contributed by atoms with Crippen molar-refractivity contribution in [3.05, 3.63) is 0 Å². The van der Waals surface area contributed by atoms with E-state index in [1.165, 1.54) is 92.5 Å². The molecule has 4 aliphatic rings. The Hall–Kier alpha value is -5.75. The summed E-state index contributed by atoms with van der Waals surface area (Å²) in [7, 11) is 8.72. The number of halogens is 4. The van der Waals surface area contributed by atoms with Crippen LogP contribution in [-0.2, 0) is 52.7 Å². The normalized spacial score (nSPS) is 30.1. The van der Waals surface area contributed by atoms with Gasteiger partial charge in [0.2, 0.25) is 65.0 Å². The van der Waals surface area contributed by atoms with Gasteiger partial charge in [-0.05, 0) is 127 Å². The number of likely N-dealkylation sites (N-methyl/N-ethyl adjacent to an activating group) is 6. The zero-order valence-electron chi connectivity index (χ0n) is 58.9. The molecule has 11 amide bonds. The van der Waals surface area contributed by atoms with E-state index in [4.69, 9.17) is 11.6 Å². The van der Waals surface area contributed by atoms with E-state index in [0.717, 1.165) is 37.0 Å². The third-order valence-electron chi connectivity index (χ3n) is 20.3. The molecule has 13 atom stereocenters. The highest BCUT2D eigenvalue weighted by molar-refractivity contribution is 6.20. The Balaban J connectivity index is 1.83. The van der Waals surface area contributed by atoms with Gasteiger partial charge in [-0.3, -0.25) is 52.7 Å². The Morgan fingerprint density at radius 1 is 0.581 bits per heavy atom. The Bertz CT molecular complexity index is 2620. The van der Waals surface area contributed by atoms with Crippen LogP contribution in [0.2, 0.25) is 0 Å². The maximum atomic E-state index is 14.9. The van der Waals surface area contributed by atoms with Gasteiger partial charge in [-0.2, -0.15) is 13.2 Å². The topological polar surface area (TPSA) is 259 Å².